The number of methoxy groups -OCH3 is 1. The Kier molecular flexibility index (Phi) is 7.25. The average molecular weight is 450 g/mol. The van der Waals surface area contributed by atoms with Crippen molar-refractivity contribution in [2.45, 2.75) is 26.9 Å². The van der Waals surface area contributed by atoms with E-state index in [2.05, 4.69) is 59.3 Å². The molecule has 1 amide bonds. The fraction of sp³-hybridized carbons (Fsp3) is 0.346. The quantitative estimate of drug-likeness (QED) is 0.555. The Morgan fingerprint density at radius 1 is 0.938 bits per heavy atom. The Hall–Kier alpha value is -2.67. The standard InChI is InChI=1S/C26H31N3O2S/c1-19-20(2)32-26(27-25(30)22-9-11-23(31-3)12-10-22)24(19)18-29-15-13-28(14-16-29)17-21-7-5-4-6-8-21/h4-12H,13-18H2,1-3H3,(H,27,30). The van der Waals surface area contributed by atoms with Crippen molar-refractivity contribution in [3.8, 4) is 5.75 Å². The lowest BCUT2D eigenvalue weighted by atomic mass is 10.1. The maximum Gasteiger partial charge on any atom is 0.256 e. The van der Waals surface area contributed by atoms with Crippen LogP contribution in [0.2, 0.25) is 0 Å². The minimum Gasteiger partial charge on any atom is -0.497 e. The Bertz CT molecular complexity index is 1040. The largest absolute Gasteiger partial charge is 0.497 e. The number of carbonyl (C=O) groups is 1. The van der Waals surface area contributed by atoms with Crippen molar-refractivity contribution in [3.63, 3.8) is 0 Å². The van der Waals surface area contributed by atoms with Gasteiger partial charge in [-0.05, 0) is 49.2 Å². The van der Waals surface area contributed by atoms with E-state index in [0.717, 1.165) is 50.0 Å². The Labute approximate surface area is 194 Å². The summed E-state index contributed by atoms with van der Waals surface area (Å²) in [5, 5.41) is 4.12. The summed E-state index contributed by atoms with van der Waals surface area (Å²) in [5.41, 5.74) is 4.53. The number of piperazine rings is 1. The summed E-state index contributed by atoms with van der Waals surface area (Å²) in [5.74, 6) is 0.666. The molecule has 0 aliphatic carbocycles. The van der Waals surface area contributed by atoms with Crippen molar-refractivity contribution in [1.29, 1.82) is 0 Å². The maximum atomic E-state index is 12.8. The van der Waals surface area contributed by atoms with Gasteiger partial charge in [-0.2, -0.15) is 0 Å². The number of rotatable bonds is 7. The van der Waals surface area contributed by atoms with Gasteiger partial charge in [-0.25, -0.2) is 0 Å². The van der Waals surface area contributed by atoms with Crippen LogP contribution >= 0.6 is 11.3 Å². The van der Waals surface area contributed by atoms with E-state index in [-0.39, 0.29) is 5.91 Å². The first-order valence-electron chi connectivity index (χ1n) is 11.1. The third-order valence-electron chi connectivity index (χ3n) is 6.18. The summed E-state index contributed by atoms with van der Waals surface area (Å²) in [7, 11) is 1.63. The Morgan fingerprint density at radius 3 is 2.19 bits per heavy atom. The first kappa shape index (κ1) is 22.5. The molecule has 168 valence electrons. The monoisotopic (exact) mass is 449 g/mol. The van der Waals surface area contributed by atoms with Crippen LogP contribution in [0, 0.1) is 13.8 Å². The first-order valence-corrected chi connectivity index (χ1v) is 11.9. The van der Waals surface area contributed by atoms with Gasteiger partial charge in [-0.1, -0.05) is 30.3 Å². The molecule has 1 aliphatic rings. The van der Waals surface area contributed by atoms with Crippen LogP contribution in [0.1, 0.15) is 31.9 Å². The molecule has 1 aromatic heterocycles. The molecule has 0 spiro atoms. The van der Waals surface area contributed by atoms with Gasteiger partial charge in [0.1, 0.15) is 10.8 Å². The van der Waals surface area contributed by atoms with Crippen LogP contribution in [0.5, 0.6) is 5.75 Å². The van der Waals surface area contributed by atoms with Crippen molar-refractivity contribution in [2.24, 2.45) is 0 Å². The van der Waals surface area contributed by atoms with E-state index in [0.29, 0.717) is 5.56 Å². The number of ether oxygens (including phenoxy) is 1. The predicted molar refractivity (Wildman–Crippen MR) is 132 cm³/mol. The fourth-order valence-corrected chi connectivity index (χ4v) is 5.12. The lowest BCUT2D eigenvalue weighted by molar-refractivity contribution is 0.102. The van der Waals surface area contributed by atoms with Gasteiger partial charge in [0.05, 0.1) is 7.11 Å². The zero-order chi connectivity index (χ0) is 22.5. The molecule has 1 N–H and O–H groups in total. The molecule has 1 saturated heterocycles. The van der Waals surface area contributed by atoms with E-state index in [9.17, 15) is 4.79 Å². The number of hydrogen-bond donors (Lipinski definition) is 1. The van der Waals surface area contributed by atoms with E-state index in [1.165, 1.54) is 21.6 Å². The van der Waals surface area contributed by atoms with Crippen LogP contribution in [-0.4, -0.2) is 49.0 Å². The third-order valence-corrected chi connectivity index (χ3v) is 7.35. The Balaban J connectivity index is 1.38. The summed E-state index contributed by atoms with van der Waals surface area (Å²) in [4.78, 5) is 19.1. The second kappa shape index (κ2) is 10.3. The van der Waals surface area contributed by atoms with Crippen LogP contribution < -0.4 is 10.1 Å². The molecule has 3 aromatic rings. The number of carbonyl (C=O) groups excluding carboxylic acids is 1. The molecular formula is C26H31N3O2S. The SMILES string of the molecule is COc1ccc(C(=O)Nc2sc(C)c(C)c2CN2CCN(Cc3ccccc3)CC2)cc1. The number of aryl methyl sites for hydroxylation is 1. The van der Waals surface area contributed by atoms with E-state index >= 15 is 0 Å². The zero-order valence-electron chi connectivity index (χ0n) is 19.1. The molecule has 1 fully saturated rings. The molecule has 0 unspecified atom stereocenters. The lowest BCUT2D eigenvalue weighted by Gasteiger charge is -2.35. The van der Waals surface area contributed by atoms with Gasteiger partial charge in [0, 0.05) is 55.3 Å². The highest BCUT2D eigenvalue weighted by molar-refractivity contribution is 7.16. The van der Waals surface area contributed by atoms with Crippen molar-refractivity contribution in [3.05, 3.63) is 81.7 Å². The van der Waals surface area contributed by atoms with E-state index in [1.54, 1.807) is 30.6 Å². The predicted octanol–water partition coefficient (Wildman–Crippen LogP) is 4.94. The molecule has 0 saturated carbocycles. The number of benzene rings is 2. The van der Waals surface area contributed by atoms with Crippen LogP contribution in [0.3, 0.4) is 0 Å². The number of nitrogens with one attached hydrogen (secondary N) is 1. The maximum absolute atomic E-state index is 12.8. The highest BCUT2D eigenvalue weighted by Crippen LogP contribution is 2.34. The normalized spacial score (nSPS) is 15.0. The van der Waals surface area contributed by atoms with Crippen LogP contribution in [0.15, 0.2) is 54.6 Å². The molecular weight excluding hydrogens is 418 g/mol. The van der Waals surface area contributed by atoms with Gasteiger partial charge in [-0.3, -0.25) is 14.6 Å². The van der Waals surface area contributed by atoms with Crippen LogP contribution in [0.25, 0.3) is 0 Å². The van der Waals surface area contributed by atoms with Gasteiger partial charge in [0.15, 0.2) is 0 Å². The molecule has 5 nitrogen and oxygen atoms in total. The second-order valence-corrected chi connectivity index (χ2v) is 9.54. The summed E-state index contributed by atoms with van der Waals surface area (Å²) in [6.07, 6.45) is 0. The summed E-state index contributed by atoms with van der Waals surface area (Å²) >= 11 is 1.67. The summed E-state index contributed by atoms with van der Waals surface area (Å²) < 4.78 is 5.19. The molecule has 4 rings (SSSR count). The number of hydrogen-bond acceptors (Lipinski definition) is 5. The summed E-state index contributed by atoms with van der Waals surface area (Å²) in [6, 6.07) is 17.9. The lowest BCUT2D eigenvalue weighted by Crippen LogP contribution is -2.45. The average Bonchev–Trinajstić information content (AvgIpc) is 3.08. The van der Waals surface area contributed by atoms with Gasteiger partial charge >= 0.3 is 0 Å². The molecule has 0 radical (unpaired) electrons. The Morgan fingerprint density at radius 2 is 1.56 bits per heavy atom. The van der Waals surface area contributed by atoms with Crippen molar-refractivity contribution < 1.29 is 9.53 Å². The topological polar surface area (TPSA) is 44.8 Å². The highest BCUT2D eigenvalue weighted by atomic mass is 32.1. The molecule has 32 heavy (non-hydrogen) atoms. The van der Waals surface area contributed by atoms with Gasteiger partial charge < -0.3 is 10.1 Å². The molecule has 6 heteroatoms. The minimum atomic E-state index is -0.0807. The second-order valence-electron chi connectivity index (χ2n) is 8.31. The van der Waals surface area contributed by atoms with Crippen molar-refractivity contribution in [2.75, 3.05) is 38.6 Å². The number of anilines is 1. The van der Waals surface area contributed by atoms with E-state index in [1.807, 2.05) is 12.1 Å². The summed E-state index contributed by atoms with van der Waals surface area (Å²) in [6.45, 7) is 10.4. The molecule has 0 atom stereocenters. The smallest absolute Gasteiger partial charge is 0.256 e. The van der Waals surface area contributed by atoms with Gasteiger partial charge in [0.25, 0.3) is 5.91 Å². The van der Waals surface area contributed by atoms with E-state index < -0.39 is 0 Å². The molecule has 2 heterocycles. The molecule has 2 aromatic carbocycles. The number of nitrogens with zero attached hydrogens (tertiary/aromatic N) is 2. The molecule has 0 bridgehead atoms. The third kappa shape index (κ3) is 5.38. The fourth-order valence-electron chi connectivity index (χ4n) is 4.05. The number of amides is 1. The van der Waals surface area contributed by atoms with Gasteiger partial charge in [-0.15, -0.1) is 11.3 Å². The minimum absolute atomic E-state index is 0.0807. The molecule has 1 aliphatic heterocycles. The highest BCUT2D eigenvalue weighted by Gasteiger charge is 2.22. The number of thiophene rings is 1. The van der Waals surface area contributed by atoms with E-state index in [4.69, 9.17) is 4.74 Å². The van der Waals surface area contributed by atoms with Crippen molar-refractivity contribution >= 4 is 22.2 Å². The van der Waals surface area contributed by atoms with Crippen LogP contribution in [-0.2, 0) is 13.1 Å². The first-order chi connectivity index (χ1) is 15.5. The zero-order valence-corrected chi connectivity index (χ0v) is 19.9. The van der Waals surface area contributed by atoms with Gasteiger partial charge in [0.2, 0.25) is 0 Å². The van der Waals surface area contributed by atoms with Crippen LogP contribution in [0.4, 0.5) is 5.00 Å². The van der Waals surface area contributed by atoms with Crippen molar-refractivity contribution in [1.82, 2.24) is 9.80 Å².